The van der Waals surface area contributed by atoms with Crippen molar-refractivity contribution >= 4 is 11.9 Å². The van der Waals surface area contributed by atoms with E-state index in [1.165, 1.54) is 11.1 Å². The Morgan fingerprint density at radius 3 is 2.58 bits per heavy atom. The van der Waals surface area contributed by atoms with Crippen molar-refractivity contribution in [2.75, 3.05) is 38.2 Å². The minimum Gasteiger partial charge on any atom is -0.381 e. The fourth-order valence-corrected chi connectivity index (χ4v) is 6.14. The van der Waals surface area contributed by atoms with Crippen LogP contribution < -0.4 is 5.32 Å². The number of aromatic nitrogens is 2. The second kappa shape index (κ2) is 11.2. The van der Waals surface area contributed by atoms with Crippen LogP contribution in [0.1, 0.15) is 41.6 Å². The van der Waals surface area contributed by atoms with E-state index in [4.69, 9.17) is 9.72 Å². The minimum absolute atomic E-state index is 0.0206. The van der Waals surface area contributed by atoms with Crippen LogP contribution in [0.2, 0.25) is 0 Å². The molecule has 3 aliphatic rings. The Hall–Kier alpha value is -3.29. The molecule has 0 spiro atoms. The second-order valence-electron chi connectivity index (χ2n) is 11.1. The van der Waals surface area contributed by atoms with E-state index < -0.39 is 0 Å². The smallest absolute Gasteiger partial charge is 0.227 e. The van der Waals surface area contributed by atoms with Crippen molar-refractivity contribution in [1.29, 1.82) is 0 Å². The number of hydrogen-bond donors (Lipinski definition) is 1. The Bertz CT molecular complexity index is 1230. The zero-order chi connectivity index (χ0) is 25.9. The molecule has 3 aliphatic heterocycles. The number of nitrogens with zero attached hydrogens (tertiary/aromatic N) is 4. The molecule has 2 fully saturated rings. The van der Waals surface area contributed by atoms with Crippen LogP contribution in [0.25, 0.3) is 0 Å². The molecule has 2 aromatic carbocycles. The number of anilines is 1. The van der Waals surface area contributed by atoms with Gasteiger partial charge in [-0.05, 0) is 43.0 Å². The summed E-state index contributed by atoms with van der Waals surface area (Å²) in [7, 11) is 0. The summed E-state index contributed by atoms with van der Waals surface area (Å²) in [6, 6.07) is 21.0. The molecule has 0 unspecified atom stereocenters. The van der Waals surface area contributed by atoms with Crippen LogP contribution in [-0.2, 0) is 29.0 Å². The lowest BCUT2D eigenvalue weighted by atomic mass is 9.79. The zero-order valence-corrected chi connectivity index (χ0v) is 22.1. The summed E-state index contributed by atoms with van der Waals surface area (Å²) in [5.41, 5.74) is 4.55. The Labute approximate surface area is 225 Å². The Morgan fingerprint density at radius 2 is 1.84 bits per heavy atom. The van der Waals surface area contributed by atoms with Crippen molar-refractivity contribution in [2.24, 2.45) is 11.8 Å². The molecule has 0 radical (unpaired) electrons. The largest absolute Gasteiger partial charge is 0.381 e. The van der Waals surface area contributed by atoms with Gasteiger partial charge in [-0.15, -0.1) is 0 Å². The lowest BCUT2D eigenvalue weighted by molar-refractivity contribution is -0.141. The molecule has 4 heterocycles. The average molecular weight is 512 g/mol. The summed E-state index contributed by atoms with van der Waals surface area (Å²) in [6.45, 7) is 8.05. The van der Waals surface area contributed by atoms with E-state index in [-0.39, 0.29) is 23.8 Å². The molecule has 6 rings (SSSR count). The van der Waals surface area contributed by atoms with Gasteiger partial charge in [-0.3, -0.25) is 4.79 Å². The maximum absolute atomic E-state index is 14.2. The number of hydrogen-bond acceptors (Lipinski definition) is 6. The normalized spacial score (nSPS) is 23.9. The molecule has 198 valence electrons. The van der Waals surface area contributed by atoms with Gasteiger partial charge in [-0.2, -0.15) is 0 Å². The SMILES string of the molecule is C[C@@H]1Cc2cnc(NCc3ccccc3)nc2CN1C(=O)[C@H]1CCN(CC2COC2)C[C@@H]1c1ccccc1. The van der Waals surface area contributed by atoms with Crippen LogP contribution >= 0.6 is 0 Å². The summed E-state index contributed by atoms with van der Waals surface area (Å²) in [4.78, 5) is 28.2. The molecule has 38 heavy (non-hydrogen) atoms. The van der Waals surface area contributed by atoms with Crippen LogP contribution in [0, 0.1) is 11.8 Å². The van der Waals surface area contributed by atoms with Crippen molar-refractivity contribution in [3.05, 3.63) is 89.2 Å². The van der Waals surface area contributed by atoms with Gasteiger partial charge in [0.05, 0.1) is 25.5 Å². The zero-order valence-electron chi connectivity index (χ0n) is 22.1. The molecule has 7 heteroatoms. The summed E-state index contributed by atoms with van der Waals surface area (Å²) in [5.74, 6) is 1.68. The highest BCUT2D eigenvalue weighted by molar-refractivity contribution is 5.80. The number of benzene rings is 2. The molecular weight excluding hydrogens is 474 g/mol. The first-order chi connectivity index (χ1) is 18.6. The van der Waals surface area contributed by atoms with Crippen LogP contribution in [-0.4, -0.2) is 64.6 Å². The topological polar surface area (TPSA) is 70.6 Å². The first kappa shape index (κ1) is 25.0. The fraction of sp³-hybridized carbons (Fsp3) is 0.452. The van der Waals surface area contributed by atoms with Gasteiger partial charge >= 0.3 is 0 Å². The Morgan fingerprint density at radius 1 is 1.08 bits per heavy atom. The van der Waals surface area contributed by atoms with Crippen molar-refractivity contribution in [2.45, 2.75) is 44.8 Å². The highest BCUT2D eigenvalue weighted by atomic mass is 16.5. The van der Waals surface area contributed by atoms with Crippen molar-refractivity contribution in [3.63, 3.8) is 0 Å². The quantitative estimate of drug-likeness (QED) is 0.515. The second-order valence-corrected chi connectivity index (χ2v) is 11.1. The van der Waals surface area contributed by atoms with E-state index in [1.807, 2.05) is 24.4 Å². The third kappa shape index (κ3) is 5.45. The van der Waals surface area contributed by atoms with Gasteiger partial charge < -0.3 is 19.9 Å². The number of likely N-dealkylation sites (tertiary alicyclic amines) is 1. The molecule has 1 aromatic heterocycles. The molecule has 3 atom stereocenters. The molecule has 1 N–H and O–H groups in total. The fourth-order valence-electron chi connectivity index (χ4n) is 6.14. The first-order valence-corrected chi connectivity index (χ1v) is 13.9. The van der Waals surface area contributed by atoms with E-state index in [0.29, 0.717) is 25.0 Å². The van der Waals surface area contributed by atoms with Gasteiger partial charge in [0.25, 0.3) is 0 Å². The van der Waals surface area contributed by atoms with Crippen molar-refractivity contribution in [3.8, 4) is 0 Å². The first-order valence-electron chi connectivity index (χ1n) is 13.9. The molecule has 0 saturated carbocycles. The average Bonchev–Trinajstić information content (AvgIpc) is 2.94. The van der Waals surface area contributed by atoms with Gasteiger partial charge in [-0.25, -0.2) is 9.97 Å². The summed E-state index contributed by atoms with van der Waals surface area (Å²) in [5, 5.41) is 3.35. The van der Waals surface area contributed by atoms with Gasteiger partial charge in [-0.1, -0.05) is 60.7 Å². The standard InChI is InChI=1S/C31H37N5O2/c1-22-14-26-16-33-31(32-15-23-8-4-2-5-9-23)34-29(26)19-36(22)30(37)27-12-13-35(17-24-20-38-21-24)18-28(27)25-10-6-3-7-11-25/h2-11,16,22,24,27-28H,12-15,17-21H2,1H3,(H,32,33,34)/t22-,27+,28-/m1/s1. The van der Waals surface area contributed by atoms with Crippen LogP contribution in [0.15, 0.2) is 66.9 Å². The molecule has 0 bridgehead atoms. The Kier molecular flexibility index (Phi) is 7.38. The molecule has 2 saturated heterocycles. The molecule has 3 aromatic rings. The lowest BCUT2D eigenvalue weighted by Crippen LogP contribution is -2.52. The minimum atomic E-state index is -0.0206. The van der Waals surface area contributed by atoms with Gasteiger partial charge in [0.1, 0.15) is 0 Å². The van der Waals surface area contributed by atoms with Crippen molar-refractivity contribution in [1.82, 2.24) is 19.8 Å². The number of amides is 1. The Balaban J connectivity index is 1.18. The van der Waals surface area contributed by atoms with Crippen LogP contribution in [0.5, 0.6) is 0 Å². The summed E-state index contributed by atoms with van der Waals surface area (Å²) >= 11 is 0. The van der Waals surface area contributed by atoms with E-state index in [0.717, 1.165) is 56.9 Å². The molecular formula is C31H37N5O2. The molecule has 7 nitrogen and oxygen atoms in total. The number of carbonyl (C=O) groups is 1. The van der Waals surface area contributed by atoms with Gasteiger partial charge in [0.2, 0.25) is 11.9 Å². The number of rotatable bonds is 7. The predicted molar refractivity (Wildman–Crippen MR) is 148 cm³/mol. The van der Waals surface area contributed by atoms with E-state index in [9.17, 15) is 4.79 Å². The van der Waals surface area contributed by atoms with Crippen LogP contribution in [0.4, 0.5) is 5.95 Å². The third-order valence-electron chi connectivity index (χ3n) is 8.36. The number of fused-ring (bicyclic) bond motifs is 1. The predicted octanol–water partition coefficient (Wildman–Crippen LogP) is 4.11. The molecule has 0 aliphatic carbocycles. The summed E-state index contributed by atoms with van der Waals surface area (Å²) < 4.78 is 5.41. The highest BCUT2D eigenvalue weighted by Gasteiger charge is 2.40. The van der Waals surface area contributed by atoms with Gasteiger partial charge in [0.15, 0.2) is 0 Å². The number of piperidine rings is 1. The maximum Gasteiger partial charge on any atom is 0.227 e. The summed E-state index contributed by atoms with van der Waals surface area (Å²) in [6.07, 6.45) is 3.61. The number of nitrogens with one attached hydrogen (secondary N) is 1. The lowest BCUT2D eigenvalue weighted by Gasteiger charge is -2.44. The highest BCUT2D eigenvalue weighted by Crippen LogP contribution is 2.36. The van der Waals surface area contributed by atoms with Crippen molar-refractivity contribution < 1.29 is 9.53 Å². The van der Waals surface area contributed by atoms with E-state index >= 15 is 0 Å². The van der Waals surface area contributed by atoms with Crippen LogP contribution in [0.3, 0.4) is 0 Å². The van der Waals surface area contributed by atoms with E-state index in [2.05, 4.69) is 69.5 Å². The number of carbonyl (C=O) groups excluding carboxylic acids is 1. The maximum atomic E-state index is 14.2. The third-order valence-corrected chi connectivity index (χ3v) is 8.36. The monoisotopic (exact) mass is 511 g/mol. The molecule has 1 amide bonds. The van der Waals surface area contributed by atoms with Gasteiger partial charge in [0, 0.05) is 49.6 Å². The number of ether oxygens (including phenoxy) is 1. The van der Waals surface area contributed by atoms with E-state index in [1.54, 1.807) is 0 Å².